The van der Waals surface area contributed by atoms with Crippen molar-refractivity contribution < 1.29 is 48.0 Å². The van der Waals surface area contributed by atoms with Crippen LogP contribution in [0.15, 0.2) is 24.3 Å². The molecule has 0 saturated carbocycles. The van der Waals surface area contributed by atoms with Crippen LogP contribution in [-0.2, 0) is 42.9 Å². The second kappa shape index (κ2) is 10.1. The highest BCUT2D eigenvalue weighted by molar-refractivity contribution is 5.68. The zero-order chi connectivity index (χ0) is 22.4. The highest BCUT2D eigenvalue weighted by atomic mass is 16.7. The summed E-state index contributed by atoms with van der Waals surface area (Å²) in [5, 5.41) is 9.85. The van der Waals surface area contributed by atoms with E-state index < -0.39 is 54.4 Å². The van der Waals surface area contributed by atoms with E-state index in [9.17, 15) is 24.3 Å². The van der Waals surface area contributed by atoms with Crippen LogP contribution in [-0.4, -0.2) is 60.0 Å². The van der Waals surface area contributed by atoms with Gasteiger partial charge in [-0.25, -0.2) is 0 Å². The van der Waals surface area contributed by atoms with Crippen molar-refractivity contribution >= 4 is 23.9 Å². The number of hydrogen-bond acceptors (Lipinski definition) is 10. The lowest BCUT2D eigenvalue weighted by Gasteiger charge is -2.44. The minimum atomic E-state index is -1.25. The lowest BCUT2D eigenvalue weighted by atomic mass is 9.90. The Morgan fingerprint density at radius 1 is 0.867 bits per heavy atom. The van der Waals surface area contributed by atoms with Gasteiger partial charge in [0.1, 0.15) is 24.6 Å². The van der Waals surface area contributed by atoms with Crippen molar-refractivity contribution in [1.82, 2.24) is 0 Å². The van der Waals surface area contributed by atoms with E-state index in [0.717, 1.165) is 20.8 Å². The molecule has 1 aliphatic rings. The fourth-order valence-electron chi connectivity index (χ4n) is 3.20. The van der Waals surface area contributed by atoms with Gasteiger partial charge in [-0.1, -0.05) is 12.1 Å². The third-order valence-electron chi connectivity index (χ3n) is 4.19. The van der Waals surface area contributed by atoms with E-state index >= 15 is 0 Å². The van der Waals surface area contributed by atoms with Crippen molar-refractivity contribution in [3.8, 4) is 5.75 Å². The number of benzene rings is 1. The van der Waals surface area contributed by atoms with Crippen LogP contribution < -0.4 is 0 Å². The molecule has 1 aromatic carbocycles. The summed E-state index contributed by atoms with van der Waals surface area (Å²) in [7, 11) is 0. The first-order chi connectivity index (χ1) is 14.1. The fourth-order valence-corrected chi connectivity index (χ4v) is 3.20. The first-order valence-corrected chi connectivity index (χ1v) is 9.18. The predicted octanol–water partition coefficient (Wildman–Crippen LogP) is 1.19. The Morgan fingerprint density at radius 2 is 1.43 bits per heavy atom. The number of carbonyl (C=O) groups is 4. The van der Waals surface area contributed by atoms with Crippen LogP contribution in [0.3, 0.4) is 0 Å². The Bertz CT molecular complexity index is 805. The first-order valence-electron chi connectivity index (χ1n) is 9.18. The van der Waals surface area contributed by atoms with E-state index in [1.807, 2.05) is 0 Å². The quantitative estimate of drug-likeness (QED) is 0.524. The molecule has 5 unspecified atom stereocenters. The van der Waals surface area contributed by atoms with Crippen molar-refractivity contribution in [2.24, 2.45) is 0 Å². The molecule has 5 atom stereocenters. The Morgan fingerprint density at radius 3 is 1.97 bits per heavy atom. The van der Waals surface area contributed by atoms with Gasteiger partial charge in [0.15, 0.2) is 18.3 Å². The molecule has 1 fully saturated rings. The number of ether oxygens (including phenoxy) is 5. The van der Waals surface area contributed by atoms with Crippen LogP contribution >= 0.6 is 0 Å². The highest BCUT2D eigenvalue weighted by Gasteiger charge is 2.52. The molecule has 0 radical (unpaired) electrons. The average molecular weight is 424 g/mol. The normalized spacial score (nSPS) is 25.7. The Balaban J connectivity index is 2.53. The molecule has 1 saturated heterocycles. The largest absolute Gasteiger partial charge is 0.508 e. The highest BCUT2D eigenvalue weighted by Crippen LogP contribution is 2.38. The molecular formula is C20H24O10. The second-order valence-electron chi connectivity index (χ2n) is 6.71. The number of phenolic OH excluding ortho intramolecular Hbond substituents is 1. The van der Waals surface area contributed by atoms with E-state index in [2.05, 4.69) is 0 Å². The number of aromatic hydroxyl groups is 1. The van der Waals surface area contributed by atoms with Crippen molar-refractivity contribution in [3.05, 3.63) is 29.8 Å². The molecule has 1 N–H and O–H groups in total. The molecule has 2 rings (SSSR count). The number of rotatable bonds is 6. The van der Waals surface area contributed by atoms with Gasteiger partial charge in [0.05, 0.1) is 0 Å². The molecule has 1 heterocycles. The zero-order valence-corrected chi connectivity index (χ0v) is 17.0. The lowest BCUT2D eigenvalue weighted by molar-refractivity contribution is -0.254. The SMILES string of the molecule is CC(=O)OCC1OC(c2cccc(O)c2)C(OC(C)=O)C(OC(C)=O)C1OC(C)=O. The Labute approximate surface area is 173 Å². The number of phenols is 1. The summed E-state index contributed by atoms with van der Waals surface area (Å²) in [6.45, 7) is 4.34. The van der Waals surface area contributed by atoms with Gasteiger partial charge >= 0.3 is 23.9 Å². The molecule has 10 nitrogen and oxygen atoms in total. The van der Waals surface area contributed by atoms with Crippen LogP contribution in [0.2, 0.25) is 0 Å². The van der Waals surface area contributed by atoms with E-state index in [1.54, 1.807) is 12.1 Å². The third-order valence-corrected chi connectivity index (χ3v) is 4.19. The van der Waals surface area contributed by atoms with Crippen LogP contribution in [0.5, 0.6) is 5.75 Å². The summed E-state index contributed by atoms with van der Waals surface area (Å²) in [5.41, 5.74) is 0.410. The summed E-state index contributed by atoms with van der Waals surface area (Å²) >= 11 is 0. The maximum atomic E-state index is 11.8. The molecule has 1 aromatic rings. The molecular weight excluding hydrogens is 400 g/mol. The smallest absolute Gasteiger partial charge is 0.303 e. The third kappa shape index (κ3) is 6.18. The van der Waals surface area contributed by atoms with Gasteiger partial charge in [0.25, 0.3) is 0 Å². The second-order valence-corrected chi connectivity index (χ2v) is 6.71. The van der Waals surface area contributed by atoms with Crippen LogP contribution in [0.25, 0.3) is 0 Å². The maximum absolute atomic E-state index is 11.8. The fraction of sp³-hybridized carbons (Fsp3) is 0.500. The van der Waals surface area contributed by atoms with E-state index in [0.29, 0.717) is 5.56 Å². The maximum Gasteiger partial charge on any atom is 0.303 e. The van der Waals surface area contributed by atoms with Gasteiger partial charge < -0.3 is 28.8 Å². The Kier molecular flexibility index (Phi) is 7.76. The Hall–Kier alpha value is -3.14. The summed E-state index contributed by atoms with van der Waals surface area (Å²) < 4.78 is 27.0. The zero-order valence-electron chi connectivity index (χ0n) is 17.0. The van der Waals surface area contributed by atoms with Crippen molar-refractivity contribution in [3.63, 3.8) is 0 Å². The monoisotopic (exact) mass is 424 g/mol. The first kappa shape index (κ1) is 23.1. The van der Waals surface area contributed by atoms with Gasteiger partial charge in [-0.05, 0) is 17.7 Å². The molecule has 30 heavy (non-hydrogen) atoms. The minimum Gasteiger partial charge on any atom is -0.508 e. The molecule has 1 aliphatic heterocycles. The summed E-state index contributed by atoms with van der Waals surface area (Å²) in [4.78, 5) is 46.5. The topological polar surface area (TPSA) is 135 Å². The van der Waals surface area contributed by atoms with Gasteiger partial charge in [-0.3, -0.25) is 19.2 Å². The number of esters is 4. The van der Waals surface area contributed by atoms with E-state index in [-0.39, 0.29) is 12.4 Å². The van der Waals surface area contributed by atoms with Crippen molar-refractivity contribution in [2.75, 3.05) is 6.61 Å². The van der Waals surface area contributed by atoms with Crippen LogP contribution in [0, 0.1) is 0 Å². The summed E-state index contributed by atoms with van der Waals surface area (Å²) in [6, 6.07) is 6.00. The van der Waals surface area contributed by atoms with Gasteiger partial charge in [-0.15, -0.1) is 0 Å². The van der Waals surface area contributed by atoms with E-state index in [1.165, 1.54) is 19.1 Å². The predicted molar refractivity (Wildman–Crippen MR) is 99.0 cm³/mol. The number of carbonyl (C=O) groups excluding carboxylic acids is 4. The minimum absolute atomic E-state index is 0.0691. The molecule has 0 aromatic heterocycles. The molecule has 0 aliphatic carbocycles. The molecule has 0 amide bonds. The molecule has 164 valence electrons. The van der Waals surface area contributed by atoms with Crippen LogP contribution in [0.1, 0.15) is 39.4 Å². The van der Waals surface area contributed by atoms with Crippen molar-refractivity contribution in [1.29, 1.82) is 0 Å². The van der Waals surface area contributed by atoms with Crippen molar-refractivity contribution in [2.45, 2.75) is 58.2 Å². The van der Waals surface area contributed by atoms with Gasteiger partial charge in [-0.2, -0.15) is 0 Å². The number of hydrogen-bond donors (Lipinski definition) is 1. The summed E-state index contributed by atoms with van der Waals surface area (Å²) in [6.07, 6.45) is -5.73. The lowest BCUT2D eigenvalue weighted by Crippen LogP contribution is -2.59. The molecule has 0 spiro atoms. The summed E-state index contributed by atoms with van der Waals surface area (Å²) in [5.74, 6) is -2.77. The van der Waals surface area contributed by atoms with Crippen LogP contribution in [0.4, 0.5) is 0 Å². The molecule has 0 bridgehead atoms. The van der Waals surface area contributed by atoms with E-state index in [4.69, 9.17) is 23.7 Å². The van der Waals surface area contributed by atoms with Gasteiger partial charge in [0.2, 0.25) is 0 Å². The standard InChI is InChI=1S/C20H24O10/c1-10(21)26-9-16-18(27-11(2)22)20(29-13(4)24)19(28-12(3)23)17(30-16)14-6-5-7-15(25)8-14/h5-8,16-20,25H,9H2,1-4H3. The average Bonchev–Trinajstić information content (AvgIpc) is 2.62. The molecule has 10 heteroatoms. The van der Waals surface area contributed by atoms with Gasteiger partial charge in [0, 0.05) is 27.7 Å².